The van der Waals surface area contributed by atoms with E-state index in [4.69, 9.17) is 0 Å². The van der Waals surface area contributed by atoms with Crippen LogP contribution in [0.5, 0.6) is 0 Å². The zero-order chi connectivity index (χ0) is 19.5. The largest absolute Gasteiger partial charge is 0.408 e. The smallest absolute Gasteiger partial charge is 0.386 e. The predicted octanol–water partition coefficient (Wildman–Crippen LogP) is 3.23. The molecule has 146 valence electrons. The second kappa shape index (κ2) is 8.11. The summed E-state index contributed by atoms with van der Waals surface area (Å²) in [5.74, 6) is -1.62. The third kappa shape index (κ3) is 4.99. The number of rotatable bonds is 6. The summed E-state index contributed by atoms with van der Waals surface area (Å²) >= 11 is 0. The van der Waals surface area contributed by atoms with E-state index in [9.17, 15) is 27.1 Å². The topological polar surface area (TPSA) is 83.0 Å². The van der Waals surface area contributed by atoms with Crippen molar-refractivity contribution in [3.8, 4) is 0 Å². The van der Waals surface area contributed by atoms with Crippen LogP contribution in [0.2, 0.25) is 0 Å². The van der Waals surface area contributed by atoms with E-state index in [0.29, 0.717) is 6.42 Å². The molecule has 26 heavy (non-hydrogen) atoms. The standard InChI is InChI=1S/C15H20F5N5O/c1-7(6-16)21-13-23-12(9-4-3-5-10(26)11(9)17)24-14(25-13)22-8(2)15(18,19)20/h7-8,10,26H,3-6H2,1-2H3,(H2,21,22,23,24,25)/t7-,8+,10?/m0/s1. The van der Waals surface area contributed by atoms with E-state index in [1.807, 2.05) is 0 Å². The molecule has 1 aliphatic carbocycles. The van der Waals surface area contributed by atoms with Crippen LogP contribution in [-0.2, 0) is 0 Å². The molecule has 0 amide bonds. The summed E-state index contributed by atoms with van der Waals surface area (Å²) in [5, 5.41) is 14.3. The number of aliphatic hydroxyl groups excluding tert-OH is 1. The zero-order valence-corrected chi connectivity index (χ0v) is 14.2. The first-order valence-electron chi connectivity index (χ1n) is 8.10. The minimum Gasteiger partial charge on any atom is -0.386 e. The van der Waals surface area contributed by atoms with E-state index in [1.165, 1.54) is 6.92 Å². The van der Waals surface area contributed by atoms with Crippen molar-refractivity contribution < 1.29 is 27.1 Å². The minimum atomic E-state index is -4.54. The fraction of sp³-hybridized carbons (Fsp3) is 0.667. The summed E-state index contributed by atoms with van der Waals surface area (Å²) in [5.41, 5.74) is 0.00446. The Bertz CT molecular complexity index is 666. The molecule has 0 saturated heterocycles. The number of hydrogen-bond acceptors (Lipinski definition) is 6. The molecule has 0 fully saturated rings. The van der Waals surface area contributed by atoms with Gasteiger partial charge in [0, 0.05) is 5.57 Å². The van der Waals surface area contributed by atoms with Crippen LogP contribution in [0.15, 0.2) is 5.83 Å². The lowest BCUT2D eigenvalue weighted by Crippen LogP contribution is -2.34. The van der Waals surface area contributed by atoms with Gasteiger partial charge < -0.3 is 15.7 Å². The highest BCUT2D eigenvalue weighted by Gasteiger charge is 2.36. The number of halogens is 5. The van der Waals surface area contributed by atoms with Crippen molar-refractivity contribution in [1.82, 2.24) is 15.0 Å². The van der Waals surface area contributed by atoms with Crippen LogP contribution in [-0.4, -0.2) is 51.1 Å². The van der Waals surface area contributed by atoms with Crippen molar-refractivity contribution in [2.24, 2.45) is 0 Å². The highest BCUT2D eigenvalue weighted by molar-refractivity contribution is 5.65. The second-order valence-electron chi connectivity index (χ2n) is 6.15. The predicted molar refractivity (Wildman–Crippen MR) is 85.9 cm³/mol. The first-order valence-corrected chi connectivity index (χ1v) is 8.10. The Kier molecular flexibility index (Phi) is 6.32. The van der Waals surface area contributed by atoms with Crippen LogP contribution in [0.25, 0.3) is 5.57 Å². The van der Waals surface area contributed by atoms with E-state index in [-0.39, 0.29) is 30.2 Å². The Morgan fingerprint density at radius 1 is 1.15 bits per heavy atom. The number of anilines is 2. The number of nitrogens with one attached hydrogen (secondary N) is 2. The fourth-order valence-electron chi connectivity index (χ4n) is 2.31. The zero-order valence-electron chi connectivity index (χ0n) is 14.2. The summed E-state index contributed by atoms with van der Waals surface area (Å²) in [7, 11) is 0. The van der Waals surface area contributed by atoms with Gasteiger partial charge in [0.15, 0.2) is 5.82 Å². The highest BCUT2D eigenvalue weighted by Crippen LogP contribution is 2.32. The summed E-state index contributed by atoms with van der Waals surface area (Å²) < 4.78 is 65.2. The number of allylic oxidation sites excluding steroid dienone is 1. The maximum Gasteiger partial charge on any atom is 0.408 e. The van der Waals surface area contributed by atoms with Gasteiger partial charge in [0.2, 0.25) is 11.9 Å². The van der Waals surface area contributed by atoms with Crippen molar-refractivity contribution in [3.63, 3.8) is 0 Å². The fourth-order valence-corrected chi connectivity index (χ4v) is 2.31. The Balaban J connectivity index is 2.42. The average Bonchev–Trinajstić information content (AvgIpc) is 2.56. The van der Waals surface area contributed by atoms with Crippen LogP contribution in [0, 0.1) is 0 Å². The van der Waals surface area contributed by atoms with E-state index < -0.39 is 42.8 Å². The molecule has 1 aliphatic rings. The Morgan fingerprint density at radius 3 is 2.35 bits per heavy atom. The van der Waals surface area contributed by atoms with Crippen molar-refractivity contribution in [1.29, 1.82) is 0 Å². The molecule has 3 atom stereocenters. The van der Waals surface area contributed by atoms with Crippen LogP contribution in [0.4, 0.5) is 33.8 Å². The molecule has 3 N–H and O–H groups in total. The summed E-state index contributed by atoms with van der Waals surface area (Å²) in [6.07, 6.45) is -4.92. The molecule has 11 heteroatoms. The number of aromatic nitrogens is 3. The number of hydrogen-bond donors (Lipinski definition) is 3. The van der Waals surface area contributed by atoms with Gasteiger partial charge in [-0.3, -0.25) is 0 Å². The number of aliphatic hydroxyl groups is 1. The van der Waals surface area contributed by atoms with Crippen molar-refractivity contribution in [3.05, 3.63) is 11.7 Å². The summed E-state index contributed by atoms with van der Waals surface area (Å²) in [6, 6.07) is -2.66. The van der Waals surface area contributed by atoms with Crippen molar-refractivity contribution in [2.45, 2.75) is 57.5 Å². The van der Waals surface area contributed by atoms with Gasteiger partial charge in [-0.05, 0) is 33.1 Å². The van der Waals surface area contributed by atoms with Crippen LogP contribution >= 0.6 is 0 Å². The van der Waals surface area contributed by atoms with Crippen molar-refractivity contribution >= 4 is 17.5 Å². The average molecular weight is 381 g/mol. The lowest BCUT2D eigenvalue weighted by molar-refractivity contribution is -0.138. The molecule has 1 aromatic rings. The van der Waals surface area contributed by atoms with Gasteiger partial charge in [0.25, 0.3) is 0 Å². The van der Waals surface area contributed by atoms with E-state index in [0.717, 1.165) is 6.92 Å². The van der Waals surface area contributed by atoms with Gasteiger partial charge >= 0.3 is 6.18 Å². The first-order chi connectivity index (χ1) is 12.1. The molecule has 2 rings (SSSR count). The van der Waals surface area contributed by atoms with E-state index >= 15 is 0 Å². The lowest BCUT2D eigenvalue weighted by atomic mass is 9.96. The summed E-state index contributed by atoms with van der Waals surface area (Å²) in [4.78, 5) is 11.6. The molecule has 0 bridgehead atoms. The molecule has 1 heterocycles. The third-order valence-corrected chi connectivity index (χ3v) is 3.83. The highest BCUT2D eigenvalue weighted by atomic mass is 19.4. The Morgan fingerprint density at radius 2 is 1.77 bits per heavy atom. The lowest BCUT2D eigenvalue weighted by Gasteiger charge is -2.21. The first kappa shape index (κ1) is 20.3. The molecular formula is C15H20F5N5O. The van der Waals surface area contributed by atoms with Gasteiger partial charge in [-0.15, -0.1) is 0 Å². The molecule has 0 aliphatic heterocycles. The molecule has 0 aromatic carbocycles. The molecule has 0 spiro atoms. The van der Waals surface area contributed by atoms with Crippen LogP contribution in [0.1, 0.15) is 38.9 Å². The summed E-state index contributed by atoms with van der Waals surface area (Å²) in [6.45, 7) is 1.60. The van der Waals surface area contributed by atoms with Gasteiger partial charge in [0.1, 0.15) is 24.6 Å². The molecule has 0 radical (unpaired) electrons. The molecule has 0 saturated carbocycles. The third-order valence-electron chi connectivity index (χ3n) is 3.83. The van der Waals surface area contributed by atoms with Gasteiger partial charge in [-0.1, -0.05) is 0 Å². The molecule has 1 unspecified atom stereocenters. The van der Waals surface area contributed by atoms with Crippen LogP contribution < -0.4 is 10.6 Å². The number of alkyl halides is 4. The normalized spacial score (nSPS) is 20.7. The maximum atomic E-state index is 14.2. The SMILES string of the molecule is C[C@@H](CF)Nc1nc(N[C@H](C)C(F)(F)F)nc(C2=C(F)C(O)CCC2)n1. The van der Waals surface area contributed by atoms with E-state index in [2.05, 4.69) is 25.6 Å². The number of nitrogens with zero attached hydrogens (tertiary/aromatic N) is 3. The van der Waals surface area contributed by atoms with Crippen LogP contribution in [0.3, 0.4) is 0 Å². The molecule has 1 aromatic heterocycles. The molecule has 6 nitrogen and oxygen atoms in total. The quantitative estimate of drug-likeness (QED) is 0.657. The second-order valence-corrected chi connectivity index (χ2v) is 6.15. The monoisotopic (exact) mass is 381 g/mol. The van der Waals surface area contributed by atoms with Gasteiger partial charge in [0.05, 0.1) is 6.04 Å². The van der Waals surface area contributed by atoms with E-state index in [1.54, 1.807) is 0 Å². The molecular weight excluding hydrogens is 361 g/mol. The maximum absolute atomic E-state index is 14.2. The Labute approximate surface area is 146 Å². The van der Waals surface area contributed by atoms with Gasteiger partial charge in [-0.25, -0.2) is 8.78 Å². The van der Waals surface area contributed by atoms with Crippen molar-refractivity contribution in [2.75, 3.05) is 17.3 Å². The Hall–Kier alpha value is -2.04. The minimum absolute atomic E-state index is 0.00446. The van der Waals surface area contributed by atoms with Gasteiger partial charge in [-0.2, -0.15) is 28.1 Å².